The van der Waals surface area contributed by atoms with E-state index in [1.165, 1.54) is 7.11 Å². The van der Waals surface area contributed by atoms with Crippen LogP contribution in [0.1, 0.15) is 28.9 Å². The first-order chi connectivity index (χ1) is 16.2. The molecule has 178 valence electrons. The summed E-state index contributed by atoms with van der Waals surface area (Å²) >= 11 is 5.60. The minimum absolute atomic E-state index is 0.0391. The molecule has 13 heteroatoms. The second kappa shape index (κ2) is 10.7. The van der Waals surface area contributed by atoms with Crippen LogP contribution >= 0.6 is 11.6 Å². The normalized spacial score (nSPS) is 11.6. The lowest BCUT2D eigenvalue weighted by molar-refractivity contribution is 0.0941. The number of hydrogen-bond donors (Lipinski definition) is 5. The Morgan fingerprint density at radius 2 is 1.91 bits per heavy atom. The van der Waals surface area contributed by atoms with Crippen molar-refractivity contribution >= 4 is 57.2 Å². The van der Waals surface area contributed by atoms with Crippen LogP contribution in [-0.4, -0.2) is 57.1 Å². The summed E-state index contributed by atoms with van der Waals surface area (Å²) in [5, 5.41) is 17.9. The number of anilines is 3. The van der Waals surface area contributed by atoms with Crippen LogP contribution in [0.3, 0.4) is 0 Å². The Kier molecular flexibility index (Phi) is 7.74. The molecule has 0 spiro atoms. The van der Waals surface area contributed by atoms with Crippen LogP contribution in [0, 0.1) is 10.8 Å². The summed E-state index contributed by atoms with van der Waals surface area (Å²) in [6.45, 7) is 0.426. The van der Waals surface area contributed by atoms with E-state index in [4.69, 9.17) is 38.6 Å². The van der Waals surface area contributed by atoms with E-state index in [9.17, 15) is 4.79 Å². The first-order valence-electron chi connectivity index (χ1n) is 10.2. The molecule has 1 aromatic carbocycles. The Balaban J connectivity index is 1.68. The molecule has 0 radical (unpaired) electrons. The number of amides is 1. The molecular formula is C21H25ClN10O2. The van der Waals surface area contributed by atoms with Crippen LogP contribution in [0.25, 0.3) is 11.2 Å². The van der Waals surface area contributed by atoms with E-state index in [1.54, 1.807) is 30.5 Å². The molecule has 0 saturated carbocycles. The predicted molar refractivity (Wildman–Crippen MR) is 131 cm³/mol. The van der Waals surface area contributed by atoms with Gasteiger partial charge in [0.05, 0.1) is 30.7 Å². The van der Waals surface area contributed by atoms with Gasteiger partial charge in [-0.05, 0) is 30.7 Å². The Labute approximate surface area is 200 Å². The fraction of sp³-hybridized carbons (Fsp3) is 0.286. The summed E-state index contributed by atoms with van der Waals surface area (Å²) in [6, 6.07) is 6.27. The highest BCUT2D eigenvalue weighted by atomic mass is 35.5. The van der Waals surface area contributed by atoms with Crippen molar-refractivity contribution in [1.29, 1.82) is 10.8 Å². The van der Waals surface area contributed by atoms with Gasteiger partial charge < -0.3 is 26.4 Å². The zero-order valence-corrected chi connectivity index (χ0v) is 19.4. The summed E-state index contributed by atoms with van der Waals surface area (Å²) in [7, 11) is 3.23. The molecule has 3 rings (SSSR count). The maximum absolute atomic E-state index is 12.7. The van der Waals surface area contributed by atoms with Gasteiger partial charge in [-0.2, -0.15) is 9.97 Å². The van der Waals surface area contributed by atoms with Crippen LogP contribution in [0.5, 0.6) is 0 Å². The van der Waals surface area contributed by atoms with Gasteiger partial charge in [0.15, 0.2) is 17.0 Å². The molecular weight excluding hydrogens is 460 g/mol. The number of nitrogens with zero attached hydrogens (tertiary/aromatic N) is 5. The molecule has 34 heavy (non-hydrogen) atoms. The third-order valence-corrected chi connectivity index (χ3v) is 5.15. The zero-order chi connectivity index (χ0) is 24.8. The van der Waals surface area contributed by atoms with Crippen LogP contribution in [0.4, 0.5) is 17.5 Å². The molecule has 7 N–H and O–H groups in total. The Morgan fingerprint density at radius 1 is 1.21 bits per heavy atom. The minimum atomic E-state index is -0.683. The van der Waals surface area contributed by atoms with E-state index in [1.807, 2.05) is 11.9 Å². The number of halogens is 1. The fourth-order valence-electron chi connectivity index (χ4n) is 3.18. The molecule has 2 heterocycles. The number of ether oxygens (including phenoxy) is 1. The number of carbonyl (C=O) groups is 1. The lowest BCUT2D eigenvalue weighted by Crippen LogP contribution is -2.41. The average Bonchev–Trinajstić information content (AvgIpc) is 2.81. The van der Waals surface area contributed by atoms with Crippen LogP contribution in [0.2, 0.25) is 0 Å². The van der Waals surface area contributed by atoms with E-state index >= 15 is 0 Å². The van der Waals surface area contributed by atoms with Gasteiger partial charge in [0.25, 0.3) is 5.91 Å². The van der Waals surface area contributed by atoms with Crippen molar-refractivity contribution < 1.29 is 9.53 Å². The molecule has 3 aromatic rings. The highest BCUT2D eigenvalue weighted by Gasteiger charge is 2.20. The maximum atomic E-state index is 12.7. The van der Waals surface area contributed by atoms with Crippen LogP contribution < -0.4 is 21.7 Å². The zero-order valence-electron chi connectivity index (χ0n) is 18.7. The van der Waals surface area contributed by atoms with Crippen molar-refractivity contribution in [2.24, 2.45) is 0 Å². The van der Waals surface area contributed by atoms with Crippen molar-refractivity contribution in [3.8, 4) is 0 Å². The number of nitrogen functional groups attached to an aromatic ring is 2. The quantitative estimate of drug-likeness (QED) is 0.223. The summed E-state index contributed by atoms with van der Waals surface area (Å²) in [5.41, 5.74) is 14.1. The van der Waals surface area contributed by atoms with Crippen LogP contribution in [0.15, 0.2) is 30.5 Å². The molecule has 0 bridgehead atoms. The molecule has 1 atom stereocenters. The molecule has 12 nitrogen and oxygen atoms in total. The van der Waals surface area contributed by atoms with E-state index in [-0.39, 0.29) is 41.6 Å². The summed E-state index contributed by atoms with van der Waals surface area (Å²) in [4.78, 5) is 31.3. The van der Waals surface area contributed by atoms with Gasteiger partial charge in [0.2, 0.25) is 11.8 Å². The summed E-state index contributed by atoms with van der Waals surface area (Å²) in [6.07, 6.45) is 2.11. The van der Waals surface area contributed by atoms with Gasteiger partial charge in [-0.3, -0.25) is 15.6 Å². The number of hydrogen-bond acceptors (Lipinski definition) is 11. The minimum Gasteiger partial charge on any atom is -0.483 e. The monoisotopic (exact) mass is 484 g/mol. The number of fused-ring (bicyclic) bond motifs is 1. The third kappa shape index (κ3) is 6.04. The predicted octanol–water partition coefficient (Wildman–Crippen LogP) is 1.94. The first-order valence-corrected chi connectivity index (χ1v) is 10.6. The van der Waals surface area contributed by atoms with Gasteiger partial charge in [-0.25, -0.2) is 9.97 Å². The summed E-state index contributed by atoms with van der Waals surface area (Å²) in [5.74, 6) is -0.264. The van der Waals surface area contributed by atoms with Crippen molar-refractivity contribution in [3.05, 3.63) is 41.7 Å². The topological polar surface area (TPSA) is 193 Å². The molecule has 1 amide bonds. The Hall–Kier alpha value is -4.06. The van der Waals surface area contributed by atoms with E-state index in [2.05, 4.69) is 25.3 Å². The van der Waals surface area contributed by atoms with Gasteiger partial charge in [-0.15, -0.1) is 0 Å². The standard InChI is InChI=1S/C21H25ClN10O2/c1-32(10-12-9-27-19-16(28-12)17(24)30-21(26)31-19)13-5-3-11(4-6-13)20(33)29-14(18(25)34-2)7-8-15(22)23/h3-6,9,14,23,25H,7-8,10H2,1-2H3,(H,29,33)(H4,24,26,27,30,31). The highest BCUT2D eigenvalue weighted by Crippen LogP contribution is 2.19. The molecule has 0 aliphatic carbocycles. The SMILES string of the molecule is COC(=N)C(CCC(=N)Cl)NC(=O)c1ccc(N(C)Cc2cnc3nc(N)nc(N)c3n2)cc1. The number of carbonyl (C=O) groups excluding carboxylic acids is 1. The maximum Gasteiger partial charge on any atom is 0.251 e. The van der Waals surface area contributed by atoms with E-state index in [0.717, 1.165) is 5.69 Å². The Bertz CT molecular complexity index is 1220. The van der Waals surface area contributed by atoms with Gasteiger partial charge in [0.1, 0.15) is 6.04 Å². The lowest BCUT2D eigenvalue weighted by Gasteiger charge is -2.20. The molecule has 2 aromatic heterocycles. The summed E-state index contributed by atoms with van der Waals surface area (Å²) < 4.78 is 4.94. The average molecular weight is 485 g/mol. The first kappa shape index (κ1) is 24.6. The van der Waals surface area contributed by atoms with Crippen molar-refractivity contribution in [1.82, 2.24) is 25.3 Å². The van der Waals surface area contributed by atoms with Crippen LogP contribution in [-0.2, 0) is 11.3 Å². The Morgan fingerprint density at radius 3 is 2.56 bits per heavy atom. The highest BCUT2D eigenvalue weighted by molar-refractivity contribution is 6.64. The smallest absolute Gasteiger partial charge is 0.251 e. The second-order valence-corrected chi connectivity index (χ2v) is 7.90. The number of rotatable bonds is 9. The number of nitrogens with one attached hydrogen (secondary N) is 3. The number of benzene rings is 1. The molecule has 0 aliphatic heterocycles. The molecule has 1 unspecified atom stereocenters. The van der Waals surface area contributed by atoms with Crippen molar-refractivity contribution in [2.45, 2.75) is 25.4 Å². The van der Waals surface area contributed by atoms with E-state index < -0.39 is 6.04 Å². The third-order valence-electron chi connectivity index (χ3n) is 4.96. The van der Waals surface area contributed by atoms with Gasteiger partial charge in [-0.1, -0.05) is 11.6 Å². The van der Waals surface area contributed by atoms with Crippen molar-refractivity contribution in [3.63, 3.8) is 0 Å². The lowest BCUT2D eigenvalue weighted by atomic mass is 10.1. The number of nitrogens with two attached hydrogens (primary N) is 2. The second-order valence-electron chi connectivity index (χ2n) is 7.44. The molecule has 0 aliphatic rings. The van der Waals surface area contributed by atoms with Gasteiger partial charge in [0, 0.05) is 24.7 Å². The van der Waals surface area contributed by atoms with Gasteiger partial charge >= 0.3 is 0 Å². The molecule has 0 fully saturated rings. The van der Waals surface area contributed by atoms with Crippen molar-refractivity contribution in [2.75, 3.05) is 30.5 Å². The number of aromatic nitrogens is 4. The largest absolute Gasteiger partial charge is 0.483 e. The fourth-order valence-corrected chi connectivity index (χ4v) is 3.29. The van der Waals surface area contributed by atoms with E-state index in [0.29, 0.717) is 29.0 Å². The molecule has 0 saturated heterocycles. The number of methoxy groups -OCH3 is 1.